The van der Waals surface area contributed by atoms with Crippen molar-refractivity contribution in [3.63, 3.8) is 0 Å². The van der Waals surface area contributed by atoms with Crippen LogP contribution in [0.2, 0.25) is 0 Å². The zero-order chi connectivity index (χ0) is 26.1. The number of carbonyl (C=O) groups excluding carboxylic acids is 2. The number of carbonyl (C=O) groups is 2. The van der Waals surface area contributed by atoms with E-state index in [2.05, 4.69) is 0 Å². The van der Waals surface area contributed by atoms with Gasteiger partial charge in [0.25, 0.3) is 5.91 Å². The fourth-order valence-corrected chi connectivity index (χ4v) is 3.80. The number of methoxy groups -OCH3 is 3. The van der Waals surface area contributed by atoms with Gasteiger partial charge in [0.1, 0.15) is 0 Å². The highest BCUT2D eigenvalue weighted by Crippen LogP contribution is 2.32. The Balaban J connectivity index is 1.79. The minimum Gasteiger partial charge on any atom is -0.465 e. The van der Waals surface area contributed by atoms with E-state index in [1.54, 1.807) is 25.3 Å². The maximum atomic E-state index is 13.2. The molecule has 0 aromatic heterocycles. The predicted octanol–water partition coefficient (Wildman–Crippen LogP) is 2.97. The van der Waals surface area contributed by atoms with Crippen LogP contribution in [-0.2, 0) is 41.7 Å². The monoisotopic (exact) mass is 499 g/mol. The Morgan fingerprint density at radius 1 is 1.03 bits per heavy atom. The maximum Gasteiger partial charge on any atom is 0.337 e. The highest BCUT2D eigenvalue weighted by molar-refractivity contribution is 5.91. The van der Waals surface area contributed by atoms with E-state index in [0.29, 0.717) is 12.0 Å². The van der Waals surface area contributed by atoms with Gasteiger partial charge in [-0.3, -0.25) is 4.79 Å². The molecule has 3 rings (SSSR count). The number of rotatable bonds is 11. The molecule has 0 spiro atoms. The number of hydrogen-bond donors (Lipinski definition) is 1. The summed E-state index contributed by atoms with van der Waals surface area (Å²) in [7, 11) is 6.00. The number of allylic oxidation sites excluding steroid dienone is 1. The maximum absolute atomic E-state index is 13.2. The number of aliphatic hydroxyl groups is 1. The lowest BCUT2D eigenvalue weighted by molar-refractivity contribution is -0.160. The molecular formula is C27H33NO8. The summed E-state index contributed by atoms with van der Waals surface area (Å²) in [6.07, 6.45) is 1.01. The molecule has 194 valence electrons. The van der Waals surface area contributed by atoms with Gasteiger partial charge in [0.05, 0.1) is 32.4 Å². The number of ether oxygens (including phenoxy) is 5. The van der Waals surface area contributed by atoms with Gasteiger partial charge in [0.2, 0.25) is 6.29 Å². The van der Waals surface area contributed by atoms with Gasteiger partial charge in [-0.05, 0) is 34.9 Å². The fourth-order valence-electron chi connectivity index (χ4n) is 3.80. The molecule has 1 aliphatic rings. The van der Waals surface area contributed by atoms with Crippen molar-refractivity contribution in [1.29, 1.82) is 0 Å². The third-order valence-electron chi connectivity index (χ3n) is 5.96. The number of amides is 1. The molecule has 1 aliphatic heterocycles. The minimum atomic E-state index is -0.675. The average molecular weight is 500 g/mol. The van der Waals surface area contributed by atoms with Crippen LogP contribution in [-0.4, -0.2) is 69.4 Å². The van der Waals surface area contributed by atoms with Crippen molar-refractivity contribution < 1.29 is 38.4 Å². The molecule has 9 nitrogen and oxygen atoms in total. The molecule has 0 aliphatic carbocycles. The summed E-state index contributed by atoms with van der Waals surface area (Å²) >= 11 is 0. The van der Waals surface area contributed by atoms with Crippen LogP contribution in [0.1, 0.15) is 39.4 Å². The summed E-state index contributed by atoms with van der Waals surface area (Å²) in [6.45, 7) is 0.463. The topological polar surface area (TPSA) is 104 Å². The largest absolute Gasteiger partial charge is 0.465 e. The van der Waals surface area contributed by atoms with Crippen molar-refractivity contribution >= 4 is 11.9 Å². The standard InChI is InChI=1S/C27H33NO8/c1-28(15-25(32-2)33-3)26(30)23-13-22(20-9-11-21(12-10-20)27(31)34-4)14-24(36-23)35-17-19-7-5-18(16-29)6-8-19/h5-13,22,24-25,29H,14-17H2,1-4H3. The second-order valence-corrected chi connectivity index (χ2v) is 8.41. The number of benzene rings is 2. The normalized spacial score (nSPS) is 17.3. The van der Waals surface area contributed by atoms with E-state index in [0.717, 1.165) is 16.7 Å². The van der Waals surface area contributed by atoms with Crippen molar-refractivity contribution in [2.24, 2.45) is 0 Å². The molecule has 2 atom stereocenters. The molecule has 0 saturated carbocycles. The molecular weight excluding hydrogens is 466 g/mol. The van der Waals surface area contributed by atoms with Gasteiger partial charge in [-0.15, -0.1) is 0 Å². The first-order valence-corrected chi connectivity index (χ1v) is 11.6. The minimum absolute atomic E-state index is 0.0277. The van der Waals surface area contributed by atoms with Crippen molar-refractivity contribution in [1.82, 2.24) is 4.90 Å². The molecule has 2 aromatic carbocycles. The molecule has 0 bridgehead atoms. The number of nitrogens with zero attached hydrogens (tertiary/aromatic N) is 1. The number of hydrogen-bond acceptors (Lipinski definition) is 8. The van der Waals surface area contributed by atoms with Gasteiger partial charge in [-0.1, -0.05) is 36.4 Å². The summed E-state index contributed by atoms with van der Waals surface area (Å²) in [5.74, 6) is -0.760. The smallest absolute Gasteiger partial charge is 0.337 e. The van der Waals surface area contributed by atoms with Gasteiger partial charge >= 0.3 is 5.97 Å². The number of likely N-dealkylation sites (N-methyl/N-ethyl adjacent to an activating group) is 1. The number of esters is 1. The van der Waals surface area contributed by atoms with Crippen LogP contribution in [0.15, 0.2) is 60.4 Å². The van der Waals surface area contributed by atoms with Gasteiger partial charge in [0.15, 0.2) is 12.0 Å². The first kappa shape index (κ1) is 27.3. The third-order valence-corrected chi connectivity index (χ3v) is 5.96. The second kappa shape index (κ2) is 13.2. The summed E-state index contributed by atoms with van der Waals surface area (Å²) in [5.41, 5.74) is 3.08. The first-order valence-electron chi connectivity index (χ1n) is 11.6. The predicted molar refractivity (Wildman–Crippen MR) is 131 cm³/mol. The molecule has 0 radical (unpaired) electrons. The molecule has 1 amide bonds. The lowest BCUT2D eigenvalue weighted by Crippen LogP contribution is -2.39. The molecule has 36 heavy (non-hydrogen) atoms. The first-order chi connectivity index (χ1) is 17.4. The Hall–Kier alpha value is -3.24. The summed E-state index contributed by atoms with van der Waals surface area (Å²) in [6, 6.07) is 14.5. The molecule has 1 N–H and O–H groups in total. The van der Waals surface area contributed by atoms with E-state index in [4.69, 9.17) is 23.7 Å². The summed E-state index contributed by atoms with van der Waals surface area (Å²) in [4.78, 5) is 26.5. The van der Waals surface area contributed by atoms with Crippen LogP contribution >= 0.6 is 0 Å². The van der Waals surface area contributed by atoms with Crippen molar-refractivity contribution in [3.8, 4) is 0 Å². The van der Waals surface area contributed by atoms with Gasteiger partial charge in [-0.2, -0.15) is 0 Å². The quantitative estimate of drug-likeness (QED) is 0.372. The van der Waals surface area contributed by atoms with Crippen molar-refractivity contribution in [2.45, 2.75) is 38.1 Å². The SMILES string of the molecule is COC(=O)c1ccc(C2C=C(C(=O)N(C)CC(OC)OC)OC(OCc3ccc(CO)cc3)C2)cc1. The zero-order valence-corrected chi connectivity index (χ0v) is 21.0. The van der Waals surface area contributed by atoms with Crippen LogP contribution in [0.4, 0.5) is 0 Å². The molecule has 1 heterocycles. The van der Waals surface area contributed by atoms with E-state index in [9.17, 15) is 14.7 Å². The van der Waals surface area contributed by atoms with E-state index in [1.807, 2.05) is 36.4 Å². The van der Waals surface area contributed by atoms with Crippen LogP contribution < -0.4 is 0 Å². The highest BCUT2D eigenvalue weighted by Gasteiger charge is 2.31. The Labute approximate surface area is 211 Å². The highest BCUT2D eigenvalue weighted by atomic mass is 16.7. The van der Waals surface area contributed by atoms with Crippen molar-refractivity contribution in [2.75, 3.05) is 34.9 Å². The van der Waals surface area contributed by atoms with E-state index in [1.165, 1.54) is 26.2 Å². The second-order valence-electron chi connectivity index (χ2n) is 8.41. The van der Waals surface area contributed by atoms with E-state index < -0.39 is 18.5 Å². The Morgan fingerprint density at radius 3 is 2.25 bits per heavy atom. The van der Waals surface area contributed by atoms with Crippen LogP contribution in [0.25, 0.3) is 0 Å². The Kier molecular flexibility index (Phi) is 10.0. The van der Waals surface area contributed by atoms with Crippen LogP contribution in [0, 0.1) is 0 Å². The Morgan fingerprint density at radius 2 is 1.67 bits per heavy atom. The molecule has 2 aromatic rings. The van der Waals surface area contributed by atoms with Gasteiger partial charge in [0, 0.05) is 33.6 Å². The average Bonchev–Trinajstić information content (AvgIpc) is 2.93. The molecule has 0 fully saturated rings. The van der Waals surface area contributed by atoms with Crippen LogP contribution in [0.5, 0.6) is 0 Å². The fraction of sp³-hybridized carbons (Fsp3) is 0.407. The van der Waals surface area contributed by atoms with E-state index in [-0.39, 0.29) is 37.3 Å². The number of aliphatic hydroxyl groups excluding tert-OH is 1. The van der Waals surface area contributed by atoms with Gasteiger partial charge < -0.3 is 33.7 Å². The lowest BCUT2D eigenvalue weighted by Gasteiger charge is -2.31. The van der Waals surface area contributed by atoms with E-state index >= 15 is 0 Å². The summed E-state index contributed by atoms with van der Waals surface area (Å²) < 4.78 is 27.2. The Bertz CT molecular complexity index is 1030. The van der Waals surface area contributed by atoms with Gasteiger partial charge in [-0.25, -0.2) is 4.79 Å². The molecule has 0 saturated heterocycles. The molecule has 9 heteroatoms. The summed E-state index contributed by atoms with van der Waals surface area (Å²) in [5, 5.41) is 9.24. The zero-order valence-electron chi connectivity index (χ0n) is 21.0. The lowest BCUT2D eigenvalue weighted by atomic mass is 9.92. The molecule has 2 unspecified atom stereocenters. The van der Waals surface area contributed by atoms with Crippen LogP contribution in [0.3, 0.4) is 0 Å². The third kappa shape index (κ3) is 7.14. The van der Waals surface area contributed by atoms with Crippen molar-refractivity contribution in [3.05, 3.63) is 82.6 Å².